The zero-order chi connectivity index (χ0) is 28.4. The van der Waals surface area contributed by atoms with Crippen LogP contribution in [0.25, 0.3) is 22.0 Å². The van der Waals surface area contributed by atoms with Gasteiger partial charge >= 0.3 is 6.36 Å². The van der Waals surface area contributed by atoms with E-state index in [1.165, 1.54) is 19.1 Å². The molecule has 4 aromatic rings. The van der Waals surface area contributed by atoms with Crippen LogP contribution in [-0.4, -0.2) is 40.4 Å². The molecule has 0 fully saturated rings. The lowest BCUT2D eigenvalue weighted by Crippen LogP contribution is -2.50. The van der Waals surface area contributed by atoms with Crippen molar-refractivity contribution in [2.24, 2.45) is 0 Å². The molecule has 0 aliphatic rings. The molecule has 4 rings (SSSR count). The van der Waals surface area contributed by atoms with E-state index in [1.54, 1.807) is 38.2 Å². The molecule has 204 valence electrons. The number of amides is 2. The van der Waals surface area contributed by atoms with Gasteiger partial charge in [0, 0.05) is 29.7 Å². The SMILES string of the molecule is CC(=O)Nc1ccc(-c2ccc(OC(F)(F)F)c(C(=O)NC(C)(CO)Cc3c[nH]c4ccccc34)c2)c(C)c1. The molecule has 2 amide bonds. The summed E-state index contributed by atoms with van der Waals surface area (Å²) < 4.78 is 43.8. The normalized spacial score (nSPS) is 13.1. The van der Waals surface area contributed by atoms with Crippen LogP contribution in [0.3, 0.4) is 0 Å². The molecule has 7 nitrogen and oxygen atoms in total. The highest BCUT2D eigenvalue weighted by molar-refractivity contribution is 5.99. The summed E-state index contributed by atoms with van der Waals surface area (Å²) in [6.07, 6.45) is -3.02. The lowest BCUT2D eigenvalue weighted by atomic mass is 9.92. The second kappa shape index (κ2) is 10.8. The number of H-pyrrole nitrogens is 1. The third kappa shape index (κ3) is 6.58. The van der Waals surface area contributed by atoms with E-state index in [9.17, 15) is 27.9 Å². The van der Waals surface area contributed by atoms with Gasteiger partial charge in [-0.05, 0) is 72.9 Å². The van der Waals surface area contributed by atoms with Crippen molar-refractivity contribution in [1.29, 1.82) is 0 Å². The Hall–Kier alpha value is -4.31. The van der Waals surface area contributed by atoms with Gasteiger partial charge in [-0.25, -0.2) is 0 Å². The molecule has 1 atom stereocenters. The Kier molecular flexibility index (Phi) is 7.69. The summed E-state index contributed by atoms with van der Waals surface area (Å²) in [6.45, 7) is 4.32. The van der Waals surface area contributed by atoms with Crippen LogP contribution in [-0.2, 0) is 11.2 Å². The Labute approximate surface area is 223 Å². The minimum Gasteiger partial charge on any atom is -0.405 e. The molecule has 0 saturated carbocycles. The van der Waals surface area contributed by atoms with E-state index in [0.29, 0.717) is 16.8 Å². The lowest BCUT2D eigenvalue weighted by Gasteiger charge is -2.29. The maximum Gasteiger partial charge on any atom is 0.573 e. The zero-order valence-corrected chi connectivity index (χ0v) is 21.6. The van der Waals surface area contributed by atoms with Gasteiger partial charge in [0.05, 0.1) is 17.7 Å². The fraction of sp³-hybridized carbons (Fsp3) is 0.241. The quantitative estimate of drug-likeness (QED) is 0.230. The fourth-order valence-electron chi connectivity index (χ4n) is 4.54. The number of aryl methyl sites for hydroxylation is 1. The maximum absolute atomic E-state index is 13.4. The number of hydrogen-bond donors (Lipinski definition) is 4. The number of anilines is 1. The van der Waals surface area contributed by atoms with Crippen LogP contribution in [0, 0.1) is 6.92 Å². The van der Waals surface area contributed by atoms with Crippen LogP contribution in [0.4, 0.5) is 18.9 Å². The van der Waals surface area contributed by atoms with Gasteiger partial charge < -0.3 is 25.5 Å². The van der Waals surface area contributed by atoms with Crippen molar-refractivity contribution in [3.8, 4) is 16.9 Å². The monoisotopic (exact) mass is 539 g/mol. The van der Waals surface area contributed by atoms with Crippen LogP contribution in [0.2, 0.25) is 0 Å². The van der Waals surface area contributed by atoms with Crippen LogP contribution in [0.1, 0.15) is 35.3 Å². The number of aromatic amines is 1. The van der Waals surface area contributed by atoms with E-state index < -0.39 is 30.2 Å². The van der Waals surface area contributed by atoms with Crippen LogP contribution in [0.15, 0.2) is 66.9 Å². The Morgan fingerprint density at radius 1 is 1.05 bits per heavy atom. The molecule has 10 heteroatoms. The zero-order valence-electron chi connectivity index (χ0n) is 21.6. The Morgan fingerprint density at radius 3 is 2.46 bits per heavy atom. The van der Waals surface area contributed by atoms with E-state index in [4.69, 9.17) is 0 Å². The van der Waals surface area contributed by atoms with E-state index >= 15 is 0 Å². The first-order valence-electron chi connectivity index (χ1n) is 12.1. The van der Waals surface area contributed by atoms with E-state index in [-0.39, 0.29) is 17.9 Å². The molecule has 1 aromatic heterocycles. The molecule has 3 aromatic carbocycles. The number of alkyl halides is 3. The van der Waals surface area contributed by atoms with Crippen molar-refractivity contribution in [3.63, 3.8) is 0 Å². The van der Waals surface area contributed by atoms with Crippen LogP contribution in [0.5, 0.6) is 5.75 Å². The number of carbonyl (C=O) groups excluding carboxylic acids is 2. The van der Waals surface area contributed by atoms with Gasteiger partial charge in [0.25, 0.3) is 5.91 Å². The number of rotatable bonds is 8. The van der Waals surface area contributed by atoms with Gasteiger partial charge in [-0.1, -0.05) is 30.3 Å². The minimum atomic E-state index is -5.02. The maximum atomic E-state index is 13.4. The molecule has 0 saturated heterocycles. The highest BCUT2D eigenvalue weighted by Crippen LogP contribution is 2.33. The van der Waals surface area contributed by atoms with Crippen molar-refractivity contribution < 1.29 is 32.6 Å². The van der Waals surface area contributed by atoms with Gasteiger partial charge in [0.2, 0.25) is 5.91 Å². The predicted molar refractivity (Wildman–Crippen MR) is 143 cm³/mol. The summed E-state index contributed by atoms with van der Waals surface area (Å²) in [4.78, 5) is 27.9. The number of ether oxygens (including phenoxy) is 1. The molecule has 39 heavy (non-hydrogen) atoms. The molecule has 0 radical (unpaired) electrons. The first-order chi connectivity index (χ1) is 18.4. The first-order valence-corrected chi connectivity index (χ1v) is 12.1. The van der Waals surface area contributed by atoms with Gasteiger partial charge in [-0.3, -0.25) is 9.59 Å². The second-order valence-corrected chi connectivity index (χ2v) is 9.68. The van der Waals surface area contributed by atoms with Crippen LogP contribution >= 0.6 is 0 Å². The third-order valence-corrected chi connectivity index (χ3v) is 6.33. The van der Waals surface area contributed by atoms with Gasteiger partial charge in [-0.15, -0.1) is 13.2 Å². The average Bonchev–Trinajstić information content (AvgIpc) is 3.25. The van der Waals surface area contributed by atoms with Crippen molar-refractivity contribution >= 4 is 28.4 Å². The highest BCUT2D eigenvalue weighted by atomic mass is 19.4. The number of carbonyl (C=O) groups is 2. The number of aliphatic hydroxyl groups excluding tert-OH is 1. The molecule has 1 heterocycles. The summed E-state index contributed by atoms with van der Waals surface area (Å²) in [6, 6.07) is 16.5. The number of benzene rings is 3. The van der Waals surface area contributed by atoms with Crippen molar-refractivity contribution in [2.45, 2.75) is 39.1 Å². The number of nitrogens with one attached hydrogen (secondary N) is 3. The fourth-order valence-corrected chi connectivity index (χ4v) is 4.54. The van der Waals surface area contributed by atoms with Crippen molar-refractivity contribution in [3.05, 3.63) is 83.6 Å². The average molecular weight is 540 g/mol. The third-order valence-electron chi connectivity index (χ3n) is 6.33. The van der Waals surface area contributed by atoms with Crippen molar-refractivity contribution in [1.82, 2.24) is 10.3 Å². The summed E-state index contributed by atoms with van der Waals surface area (Å²) in [5, 5.41) is 16.5. The molecule has 4 N–H and O–H groups in total. The molecule has 1 unspecified atom stereocenters. The standard InChI is InChI=1S/C29H28F3N3O4/c1-17-12-21(34-18(2)37)9-10-22(17)19-8-11-26(39-29(30,31)32)24(13-19)27(38)35-28(3,16-36)14-20-15-33-25-7-5-4-6-23(20)25/h4-13,15,33,36H,14,16H2,1-3H3,(H,34,37)(H,35,38). The second-order valence-electron chi connectivity index (χ2n) is 9.68. The molecule has 0 spiro atoms. The topological polar surface area (TPSA) is 103 Å². The lowest BCUT2D eigenvalue weighted by molar-refractivity contribution is -0.274. The number of para-hydroxylation sites is 1. The Morgan fingerprint density at radius 2 is 1.79 bits per heavy atom. The van der Waals surface area contributed by atoms with Gasteiger partial charge in [0.1, 0.15) is 5.75 Å². The minimum absolute atomic E-state index is 0.220. The van der Waals surface area contributed by atoms with Crippen molar-refractivity contribution in [2.75, 3.05) is 11.9 Å². The van der Waals surface area contributed by atoms with E-state index in [0.717, 1.165) is 28.1 Å². The Balaban J connectivity index is 1.68. The van der Waals surface area contributed by atoms with Gasteiger partial charge in [0.15, 0.2) is 0 Å². The number of halogens is 3. The first kappa shape index (κ1) is 27.7. The molecular weight excluding hydrogens is 511 g/mol. The molecule has 0 aliphatic heterocycles. The number of fused-ring (bicyclic) bond motifs is 1. The Bertz CT molecular complexity index is 1530. The van der Waals surface area contributed by atoms with Crippen LogP contribution < -0.4 is 15.4 Å². The molecule has 0 aliphatic carbocycles. The summed E-state index contributed by atoms with van der Waals surface area (Å²) in [7, 11) is 0. The number of aromatic nitrogens is 1. The summed E-state index contributed by atoms with van der Waals surface area (Å²) >= 11 is 0. The smallest absolute Gasteiger partial charge is 0.405 e. The number of aliphatic hydroxyl groups is 1. The number of hydrogen-bond acceptors (Lipinski definition) is 4. The summed E-state index contributed by atoms with van der Waals surface area (Å²) in [5.74, 6) is -1.74. The van der Waals surface area contributed by atoms with Gasteiger partial charge in [-0.2, -0.15) is 0 Å². The van der Waals surface area contributed by atoms with E-state index in [2.05, 4.69) is 20.4 Å². The summed E-state index contributed by atoms with van der Waals surface area (Å²) in [5.41, 5.74) is 2.61. The largest absolute Gasteiger partial charge is 0.573 e. The molecule has 0 bridgehead atoms. The van der Waals surface area contributed by atoms with E-state index in [1.807, 2.05) is 24.3 Å². The highest BCUT2D eigenvalue weighted by Gasteiger charge is 2.34. The molecular formula is C29H28F3N3O4. The predicted octanol–water partition coefficient (Wildman–Crippen LogP) is 5.72.